The molecular formula is C20H23FN2O2. The number of para-hydroxylation sites is 1. The number of carbonyl (C=O) groups excluding carboxylic acids is 1. The molecule has 1 saturated heterocycles. The van der Waals surface area contributed by atoms with Crippen LogP contribution in [0.25, 0.3) is 0 Å². The molecule has 2 aromatic rings. The van der Waals surface area contributed by atoms with Crippen LogP contribution < -0.4 is 9.64 Å². The molecule has 25 heavy (non-hydrogen) atoms. The number of rotatable bonds is 5. The normalized spacial score (nSPS) is 15.8. The van der Waals surface area contributed by atoms with Crippen LogP contribution in [-0.4, -0.2) is 43.1 Å². The van der Waals surface area contributed by atoms with E-state index in [2.05, 4.69) is 4.90 Å². The summed E-state index contributed by atoms with van der Waals surface area (Å²) in [5.74, 6) is 0.513. The molecule has 1 aliphatic heterocycles. The van der Waals surface area contributed by atoms with E-state index in [-0.39, 0.29) is 11.7 Å². The van der Waals surface area contributed by atoms with Crippen LogP contribution >= 0.6 is 0 Å². The lowest BCUT2D eigenvalue weighted by molar-refractivity contribution is -0.139. The average Bonchev–Trinajstić information content (AvgIpc) is 2.67. The van der Waals surface area contributed by atoms with E-state index < -0.39 is 6.10 Å². The van der Waals surface area contributed by atoms with Gasteiger partial charge in [-0.15, -0.1) is 0 Å². The quantitative estimate of drug-likeness (QED) is 0.835. The number of hydrogen-bond acceptors (Lipinski definition) is 3. The van der Waals surface area contributed by atoms with E-state index in [1.807, 2.05) is 42.2 Å². The number of amides is 1. The highest BCUT2D eigenvalue weighted by molar-refractivity contribution is 5.81. The first kappa shape index (κ1) is 17.3. The molecule has 0 aromatic heterocycles. The number of anilines is 1. The van der Waals surface area contributed by atoms with Gasteiger partial charge in [0.05, 0.1) is 0 Å². The molecule has 0 unspecified atom stereocenters. The minimum Gasteiger partial charge on any atom is -0.481 e. The zero-order chi connectivity index (χ0) is 17.6. The van der Waals surface area contributed by atoms with E-state index in [1.165, 1.54) is 12.1 Å². The highest BCUT2D eigenvalue weighted by Crippen LogP contribution is 2.19. The van der Waals surface area contributed by atoms with Gasteiger partial charge in [-0.1, -0.05) is 25.1 Å². The first-order valence-corrected chi connectivity index (χ1v) is 8.68. The SMILES string of the molecule is CC[C@@H](Oc1ccccc1)C(=O)N1CCN(c2ccc(F)cc2)CC1. The monoisotopic (exact) mass is 342 g/mol. The van der Waals surface area contributed by atoms with Gasteiger partial charge in [-0.05, 0) is 42.8 Å². The molecule has 1 heterocycles. The van der Waals surface area contributed by atoms with Gasteiger partial charge in [-0.3, -0.25) is 4.79 Å². The van der Waals surface area contributed by atoms with Gasteiger partial charge >= 0.3 is 0 Å². The lowest BCUT2D eigenvalue weighted by Crippen LogP contribution is -2.52. The van der Waals surface area contributed by atoms with E-state index in [0.717, 1.165) is 18.8 Å². The Morgan fingerprint density at radius 3 is 2.28 bits per heavy atom. The van der Waals surface area contributed by atoms with Crippen molar-refractivity contribution in [3.63, 3.8) is 0 Å². The van der Waals surface area contributed by atoms with E-state index >= 15 is 0 Å². The number of hydrogen-bond donors (Lipinski definition) is 0. The Hall–Kier alpha value is -2.56. The maximum absolute atomic E-state index is 13.0. The predicted octanol–water partition coefficient (Wildman–Crippen LogP) is 3.33. The largest absolute Gasteiger partial charge is 0.481 e. The van der Waals surface area contributed by atoms with Crippen LogP contribution in [0.3, 0.4) is 0 Å². The Morgan fingerprint density at radius 2 is 1.68 bits per heavy atom. The minimum atomic E-state index is -0.459. The molecule has 4 nitrogen and oxygen atoms in total. The first-order chi connectivity index (χ1) is 12.2. The minimum absolute atomic E-state index is 0.0325. The smallest absolute Gasteiger partial charge is 0.263 e. The van der Waals surface area contributed by atoms with Gasteiger partial charge in [0.1, 0.15) is 11.6 Å². The Kier molecular flexibility index (Phi) is 5.53. The summed E-state index contributed by atoms with van der Waals surface area (Å²) in [4.78, 5) is 16.8. The van der Waals surface area contributed by atoms with E-state index in [4.69, 9.17) is 4.74 Å². The fourth-order valence-electron chi connectivity index (χ4n) is 3.01. The van der Waals surface area contributed by atoms with Crippen molar-refractivity contribution in [2.24, 2.45) is 0 Å². The van der Waals surface area contributed by atoms with Crippen molar-refractivity contribution >= 4 is 11.6 Å². The molecule has 1 aliphatic rings. The third kappa shape index (κ3) is 4.29. The second-order valence-corrected chi connectivity index (χ2v) is 6.12. The highest BCUT2D eigenvalue weighted by atomic mass is 19.1. The number of carbonyl (C=O) groups is 1. The summed E-state index contributed by atoms with van der Waals surface area (Å²) >= 11 is 0. The van der Waals surface area contributed by atoms with Gasteiger partial charge in [0.25, 0.3) is 5.91 Å². The number of ether oxygens (including phenoxy) is 1. The molecule has 1 fully saturated rings. The van der Waals surface area contributed by atoms with Crippen molar-refractivity contribution in [2.75, 3.05) is 31.1 Å². The van der Waals surface area contributed by atoms with Gasteiger partial charge < -0.3 is 14.5 Å². The number of piperazine rings is 1. The molecule has 2 aromatic carbocycles. The number of benzene rings is 2. The maximum Gasteiger partial charge on any atom is 0.263 e. The van der Waals surface area contributed by atoms with Crippen LogP contribution in [0, 0.1) is 5.82 Å². The predicted molar refractivity (Wildman–Crippen MR) is 96.3 cm³/mol. The molecule has 0 saturated carbocycles. The average molecular weight is 342 g/mol. The van der Waals surface area contributed by atoms with Crippen molar-refractivity contribution in [1.29, 1.82) is 0 Å². The Balaban J connectivity index is 1.57. The lowest BCUT2D eigenvalue weighted by atomic mass is 10.2. The van der Waals surface area contributed by atoms with Gasteiger partial charge in [0.15, 0.2) is 6.10 Å². The summed E-state index contributed by atoms with van der Waals surface area (Å²) in [6.45, 7) is 4.72. The van der Waals surface area contributed by atoms with E-state index in [9.17, 15) is 9.18 Å². The van der Waals surface area contributed by atoms with Crippen molar-refractivity contribution in [3.05, 3.63) is 60.4 Å². The Morgan fingerprint density at radius 1 is 1.04 bits per heavy atom. The standard InChI is InChI=1S/C20H23FN2O2/c1-2-19(25-18-6-4-3-5-7-18)20(24)23-14-12-22(13-15-23)17-10-8-16(21)9-11-17/h3-11,19H,2,12-15H2,1H3/t19-/m1/s1. The van der Waals surface area contributed by atoms with Crippen molar-refractivity contribution in [3.8, 4) is 5.75 Å². The summed E-state index contributed by atoms with van der Waals surface area (Å²) in [5.41, 5.74) is 0.987. The molecular weight excluding hydrogens is 319 g/mol. The van der Waals surface area contributed by atoms with Crippen LogP contribution in [0.4, 0.5) is 10.1 Å². The molecule has 0 aliphatic carbocycles. The summed E-state index contributed by atoms with van der Waals surface area (Å²) < 4.78 is 18.9. The van der Waals surface area contributed by atoms with Crippen molar-refractivity contribution in [2.45, 2.75) is 19.4 Å². The third-order valence-electron chi connectivity index (χ3n) is 4.45. The molecule has 0 N–H and O–H groups in total. The summed E-state index contributed by atoms with van der Waals surface area (Å²) in [6.07, 6.45) is 0.172. The maximum atomic E-state index is 13.0. The van der Waals surface area contributed by atoms with Gasteiger partial charge in [-0.2, -0.15) is 0 Å². The van der Waals surface area contributed by atoms with Crippen LogP contribution in [0.1, 0.15) is 13.3 Å². The fourth-order valence-corrected chi connectivity index (χ4v) is 3.01. The number of halogens is 1. The van der Waals surface area contributed by atoms with Crippen LogP contribution in [0.2, 0.25) is 0 Å². The highest BCUT2D eigenvalue weighted by Gasteiger charge is 2.27. The molecule has 0 bridgehead atoms. The topological polar surface area (TPSA) is 32.8 Å². The lowest BCUT2D eigenvalue weighted by Gasteiger charge is -2.37. The van der Waals surface area contributed by atoms with Crippen LogP contribution in [0.15, 0.2) is 54.6 Å². The zero-order valence-corrected chi connectivity index (χ0v) is 14.4. The second-order valence-electron chi connectivity index (χ2n) is 6.12. The molecule has 5 heteroatoms. The zero-order valence-electron chi connectivity index (χ0n) is 14.4. The Bertz CT molecular complexity index is 683. The van der Waals surface area contributed by atoms with E-state index in [0.29, 0.717) is 25.3 Å². The second kappa shape index (κ2) is 8.01. The first-order valence-electron chi connectivity index (χ1n) is 8.68. The molecule has 3 rings (SSSR count). The molecule has 1 amide bonds. The molecule has 0 spiro atoms. The molecule has 132 valence electrons. The van der Waals surface area contributed by atoms with Crippen LogP contribution in [0.5, 0.6) is 5.75 Å². The fraction of sp³-hybridized carbons (Fsp3) is 0.350. The summed E-state index contributed by atoms with van der Waals surface area (Å²) in [5, 5.41) is 0. The van der Waals surface area contributed by atoms with Gasteiger partial charge in [0.2, 0.25) is 0 Å². The Labute approximate surface area is 147 Å². The summed E-state index contributed by atoms with van der Waals surface area (Å²) in [7, 11) is 0. The van der Waals surface area contributed by atoms with Gasteiger partial charge in [0, 0.05) is 31.9 Å². The number of nitrogens with zero attached hydrogens (tertiary/aromatic N) is 2. The van der Waals surface area contributed by atoms with E-state index in [1.54, 1.807) is 12.1 Å². The van der Waals surface area contributed by atoms with Gasteiger partial charge in [-0.25, -0.2) is 4.39 Å². The molecule has 0 radical (unpaired) electrons. The van der Waals surface area contributed by atoms with Crippen molar-refractivity contribution < 1.29 is 13.9 Å². The van der Waals surface area contributed by atoms with Crippen LogP contribution in [-0.2, 0) is 4.79 Å². The molecule has 1 atom stereocenters. The third-order valence-corrected chi connectivity index (χ3v) is 4.45. The van der Waals surface area contributed by atoms with Crippen molar-refractivity contribution in [1.82, 2.24) is 4.90 Å². The summed E-state index contributed by atoms with van der Waals surface area (Å²) in [6, 6.07) is 15.9.